The first-order valence-corrected chi connectivity index (χ1v) is 11.8. The van der Waals surface area contributed by atoms with Crippen LogP contribution in [0.15, 0.2) is 24.3 Å². The van der Waals surface area contributed by atoms with Crippen LogP contribution in [0.4, 0.5) is 0 Å². The fourth-order valence-electron chi connectivity index (χ4n) is 4.20. The van der Waals surface area contributed by atoms with Crippen LogP contribution in [0.3, 0.4) is 0 Å². The van der Waals surface area contributed by atoms with Crippen molar-refractivity contribution in [3.63, 3.8) is 0 Å². The van der Waals surface area contributed by atoms with Gasteiger partial charge in [0.05, 0.1) is 12.2 Å². The Labute approximate surface area is 166 Å². The molecule has 1 aromatic carbocycles. The number of benzene rings is 1. The average Bonchev–Trinajstić information content (AvgIpc) is 3.07. The molecule has 0 unspecified atom stereocenters. The summed E-state index contributed by atoms with van der Waals surface area (Å²) < 4.78 is 26.3. The van der Waals surface area contributed by atoms with Gasteiger partial charge in [-0.25, -0.2) is 8.42 Å². The Balaban J connectivity index is 1.73. The molecule has 0 aromatic heterocycles. The fraction of sp³-hybridized carbons (Fsp3) is 0.632. The molecule has 1 N–H and O–H groups in total. The molecule has 0 bridgehead atoms. The van der Waals surface area contributed by atoms with Crippen LogP contribution >= 0.6 is 11.6 Å². The molecule has 1 saturated carbocycles. The van der Waals surface area contributed by atoms with Gasteiger partial charge < -0.3 is 5.32 Å². The Morgan fingerprint density at radius 2 is 1.85 bits per heavy atom. The van der Waals surface area contributed by atoms with Crippen molar-refractivity contribution in [3.05, 3.63) is 34.9 Å². The summed E-state index contributed by atoms with van der Waals surface area (Å²) in [7, 11) is -3.34. The molecule has 8 heteroatoms. The van der Waals surface area contributed by atoms with Gasteiger partial charge in [0, 0.05) is 37.2 Å². The van der Waals surface area contributed by atoms with E-state index in [4.69, 9.17) is 11.6 Å². The van der Waals surface area contributed by atoms with Crippen LogP contribution in [0.5, 0.6) is 0 Å². The minimum absolute atomic E-state index is 0.0144. The van der Waals surface area contributed by atoms with E-state index in [1.54, 1.807) is 4.31 Å². The van der Waals surface area contributed by atoms with E-state index >= 15 is 0 Å². The van der Waals surface area contributed by atoms with Gasteiger partial charge in [0.25, 0.3) is 0 Å². The van der Waals surface area contributed by atoms with E-state index in [2.05, 4.69) is 10.2 Å². The van der Waals surface area contributed by atoms with Crippen LogP contribution in [0.25, 0.3) is 0 Å². The van der Waals surface area contributed by atoms with E-state index in [1.165, 1.54) is 6.26 Å². The molecule has 1 aliphatic heterocycles. The number of nitrogens with zero attached hydrogens (tertiary/aromatic N) is 2. The quantitative estimate of drug-likeness (QED) is 0.823. The molecule has 150 valence electrons. The lowest BCUT2D eigenvalue weighted by Crippen LogP contribution is -2.47. The summed E-state index contributed by atoms with van der Waals surface area (Å²) in [6.45, 7) is 3.31. The second-order valence-corrected chi connectivity index (χ2v) is 9.90. The Hall–Kier alpha value is -1.15. The summed E-state index contributed by atoms with van der Waals surface area (Å²) in [5.41, 5.74) is 1.15. The van der Waals surface area contributed by atoms with Gasteiger partial charge in [-0.1, -0.05) is 30.2 Å². The minimum atomic E-state index is -3.34. The van der Waals surface area contributed by atoms with Gasteiger partial charge in [-0.3, -0.25) is 9.69 Å². The predicted octanol–water partition coefficient (Wildman–Crippen LogP) is 2.09. The molecule has 0 spiro atoms. The highest BCUT2D eigenvalue weighted by atomic mass is 35.5. The summed E-state index contributed by atoms with van der Waals surface area (Å²) >= 11 is 5.96. The molecule has 27 heavy (non-hydrogen) atoms. The molecule has 6 nitrogen and oxygen atoms in total. The van der Waals surface area contributed by atoms with Gasteiger partial charge in [0.15, 0.2) is 0 Å². The number of halogens is 1. The second kappa shape index (κ2) is 8.90. The highest BCUT2D eigenvalue weighted by Crippen LogP contribution is 2.32. The second-order valence-electron chi connectivity index (χ2n) is 7.53. The maximum atomic E-state index is 12.6. The monoisotopic (exact) mass is 413 g/mol. The highest BCUT2D eigenvalue weighted by molar-refractivity contribution is 7.88. The van der Waals surface area contributed by atoms with Crippen LogP contribution in [-0.2, 0) is 21.4 Å². The molecule has 3 rings (SSSR count). The lowest BCUT2D eigenvalue weighted by atomic mass is 10.0. The number of hydrogen-bond acceptors (Lipinski definition) is 4. The Morgan fingerprint density at radius 3 is 2.56 bits per heavy atom. The molecular formula is C19H28ClN3O3S. The Kier molecular flexibility index (Phi) is 6.78. The van der Waals surface area contributed by atoms with Crippen LogP contribution in [0.2, 0.25) is 5.02 Å². The van der Waals surface area contributed by atoms with E-state index in [0.29, 0.717) is 18.1 Å². The third-order valence-electron chi connectivity index (χ3n) is 5.51. The van der Waals surface area contributed by atoms with Crippen molar-refractivity contribution in [1.29, 1.82) is 0 Å². The summed E-state index contributed by atoms with van der Waals surface area (Å²) in [4.78, 5) is 14.9. The largest absolute Gasteiger partial charge is 0.355 e. The standard InChI is InChI=1S/C19H28ClN3O3S/c1-27(25,26)23-12-3-11-22(14-15-6-8-16(20)9-7-15)13-10-21-19(24)17-4-2-5-18(17)23/h6-9,17-18H,2-5,10-14H2,1H3,(H,21,24)/t17-,18+/m1/s1. The summed E-state index contributed by atoms with van der Waals surface area (Å²) in [6.07, 6.45) is 4.43. The van der Waals surface area contributed by atoms with Crippen molar-refractivity contribution in [2.75, 3.05) is 32.4 Å². The maximum Gasteiger partial charge on any atom is 0.224 e. The van der Waals surface area contributed by atoms with Crippen molar-refractivity contribution in [2.24, 2.45) is 5.92 Å². The zero-order valence-corrected chi connectivity index (χ0v) is 17.3. The normalized spacial score (nSPS) is 26.2. The molecule has 2 fully saturated rings. The SMILES string of the molecule is CS(=O)(=O)N1CCCN(Cc2ccc(Cl)cc2)CCNC(=O)[C@@H]2CCC[C@@H]21. The lowest BCUT2D eigenvalue weighted by Gasteiger charge is -2.30. The lowest BCUT2D eigenvalue weighted by molar-refractivity contribution is -0.125. The topological polar surface area (TPSA) is 69.7 Å². The van der Waals surface area contributed by atoms with Gasteiger partial charge in [-0.2, -0.15) is 4.31 Å². The number of fused-ring (bicyclic) bond motifs is 1. The third kappa shape index (κ3) is 5.44. The molecule has 0 radical (unpaired) electrons. The first kappa shape index (κ1) is 20.6. The first-order chi connectivity index (χ1) is 12.8. The molecule has 1 heterocycles. The highest BCUT2D eigenvalue weighted by Gasteiger charge is 2.40. The van der Waals surface area contributed by atoms with Gasteiger partial charge in [0.2, 0.25) is 15.9 Å². The van der Waals surface area contributed by atoms with Crippen molar-refractivity contribution < 1.29 is 13.2 Å². The van der Waals surface area contributed by atoms with Crippen LogP contribution in [0.1, 0.15) is 31.2 Å². The van der Waals surface area contributed by atoms with Crippen molar-refractivity contribution in [2.45, 2.75) is 38.3 Å². The zero-order valence-electron chi connectivity index (χ0n) is 15.7. The van der Waals surface area contributed by atoms with Gasteiger partial charge in [0.1, 0.15) is 0 Å². The van der Waals surface area contributed by atoms with Gasteiger partial charge in [-0.05, 0) is 43.5 Å². The van der Waals surface area contributed by atoms with Crippen molar-refractivity contribution >= 4 is 27.5 Å². The molecule has 1 aromatic rings. The molecule has 1 aliphatic carbocycles. The number of amides is 1. The van der Waals surface area contributed by atoms with Crippen LogP contribution in [-0.4, -0.2) is 62.0 Å². The Morgan fingerprint density at radius 1 is 1.11 bits per heavy atom. The summed E-state index contributed by atoms with van der Waals surface area (Å²) in [5, 5.41) is 3.73. The average molecular weight is 414 g/mol. The maximum absolute atomic E-state index is 12.6. The van der Waals surface area contributed by atoms with Crippen LogP contribution < -0.4 is 5.32 Å². The predicted molar refractivity (Wildman–Crippen MR) is 107 cm³/mol. The van der Waals surface area contributed by atoms with Crippen molar-refractivity contribution in [3.8, 4) is 0 Å². The fourth-order valence-corrected chi connectivity index (χ4v) is 5.54. The molecule has 1 saturated heterocycles. The number of carbonyl (C=O) groups is 1. The van der Waals surface area contributed by atoms with E-state index < -0.39 is 10.0 Å². The third-order valence-corrected chi connectivity index (χ3v) is 7.07. The number of sulfonamides is 1. The molecular weight excluding hydrogens is 386 g/mol. The smallest absolute Gasteiger partial charge is 0.224 e. The number of nitrogens with one attached hydrogen (secondary N) is 1. The zero-order chi connectivity index (χ0) is 19.4. The molecule has 1 amide bonds. The van der Waals surface area contributed by atoms with E-state index in [-0.39, 0.29) is 17.9 Å². The number of carbonyl (C=O) groups excluding carboxylic acids is 1. The van der Waals surface area contributed by atoms with Crippen molar-refractivity contribution in [1.82, 2.24) is 14.5 Å². The Bertz CT molecular complexity index is 754. The first-order valence-electron chi connectivity index (χ1n) is 9.56. The van der Waals surface area contributed by atoms with Gasteiger partial charge in [-0.15, -0.1) is 0 Å². The van der Waals surface area contributed by atoms with E-state index in [0.717, 1.165) is 50.9 Å². The number of rotatable bonds is 3. The molecule has 2 atom stereocenters. The van der Waals surface area contributed by atoms with E-state index in [9.17, 15) is 13.2 Å². The van der Waals surface area contributed by atoms with Gasteiger partial charge >= 0.3 is 0 Å². The number of hydrogen-bond donors (Lipinski definition) is 1. The minimum Gasteiger partial charge on any atom is -0.355 e. The van der Waals surface area contributed by atoms with E-state index in [1.807, 2.05) is 24.3 Å². The molecule has 2 aliphatic rings. The summed E-state index contributed by atoms with van der Waals surface area (Å²) in [6, 6.07) is 7.54. The van der Waals surface area contributed by atoms with Crippen LogP contribution in [0, 0.1) is 5.92 Å². The summed E-state index contributed by atoms with van der Waals surface area (Å²) in [5.74, 6) is -0.248.